The molecule has 0 bridgehead atoms. The number of carbonyl (C=O) groups excluding carboxylic acids is 1. The molecular weight excluding hydrogens is 180 g/mol. The number of ether oxygens (including phenoxy) is 1. The van der Waals surface area contributed by atoms with Gasteiger partial charge in [-0.25, -0.2) is 4.79 Å². The third-order valence-electron chi connectivity index (χ3n) is 2.50. The van der Waals surface area contributed by atoms with E-state index in [4.69, 9.17) is 4.74 Å². The average molecular weight is 200 g/mol. The molecule has 1 heterocycles. The van der Waals surface area contributed by atoms with Crippen LogP contribution in [-0.4, -0.2) is 54.7 Å². The van der Waals surface area contributed by atoms with Gasteiger partial charge in [-0.2, -0.15) is 0 Å². The van der Waals surface area contributed by atoms with Gasteiger partial charge < -0.3 is 14.5 Å². The van der Waals surface area contributed by atoms with E-state index in [1.54, 1.807) is 19.0 Å². The highest BCUT2D eigenvalue weighted by atomic mass is 16.5. The molecule has 82 valence electrons. The first-order valence-corrected chi connectivity index (χ1v) is 4.95. The summed E-state index contributed by atoms with van der Waals surface area (Å²) in [5.41, 5.74) is -0.201. The van der Waals surface area contributed by atoms with Crippen LogP contribution in [0.5, 0.6) is 0 Å². The Morgan fingerprint density at radius 2 is 2.07 bits per heavy atom. The van der Waals surface area contributed by atoms with E-state index in [0.29, 0.717) is 13.2 Å². The van der Waals surface area contributed by atoms with Crippen molar-refractivity contribution in [3.8, 4) is 0 Å². The first-order chi connectivity index (χ1) is 6.34. The Hall–Kier alpha value is -0.770. The fourth-order valence-electron chi connectivity index (χ4n) is 1.56. The van der Waals surface area contributed by atoms with Crippen molar-refractivity contribution in [2.24, 2.45) is 0 Å². The van der Waals surface area contributed by atoms with Crippen LogP contribution in [0.4, 0.5) is 4.79 Å². The van der Waals surface area contributed by atoms with E-state index in [1.807, 2.05) is 25.7 Å². The summed E-state index contributed by atoms with van der Waals surface area (Å²) < 4.78 is 5.54. The largest absolute Gasteiger partial charge is 0.374 e. The van der Waals surface area contributed by atoms with Crippen LogP contribution in [0.2, 0.25) is 0 Å². The molecule has 2 amide bonds. The molecule has 0 N–H and O–H groups in total. The molecule has 4 nitrogen and oxygen atoms in total. The van der Waals surface area contributed by atoms with Gasteiger partial charge in [-0.05, 0) is 20.8 Å². The minimum Gasteiger partial charge on any atom is -0.374 e. The number of urea groups is 1. The summed E-state index contributed by atoms with van der Waals surface area (Å²) in [5.74, 6) is 0. The summed E-state index contributed by atoms with van der Waals surface area (Å²) in [5, 5.41) is 0. The first-order valence-electron chi connectivity index (χ1n) is 4.95. The number of carbonyl (C=O) groups is 1. The Kier molecular flexibility index (Phi) is 3.04. The molecule has 1 rings (SSSR count). The molecule has 0 aromatic rings. The molecule has 0 aromatic carbocycles. The fourth-order valence-corrected chi connectivity index (χ4v) is 1.56. The standard InChI is InChI=1S/C10H20N2O2/c1-8-6-12(9(13)11(4)5)10(2,3)7-14-8/h8H,6-7H2,1-5H3/t8-/m0/s1. The lowest BCUT2D eigenvalue weighted by Gasteiger charge is -2.45. The van der Waals surface area contributed by atoms with Crippen molar-refractivity contribution in [3.05, 3.63) is 0 Å². The summed E-state index contributed by atoms with van der Waals surface area (Å²) in [7, 11) is 3.55. The van der Waals surface area contributed by atoms with Crippen LogP contribution in [0.3, 0.4) is 0 Å². The molecule has 1 aliphatic heterocycles. The van der Waals surface area contributed by atoms with Gasteiger partial charge >= 0.3 is 6.03 Å². The van der Waals surface area contributed by atoms with Crippen molar-refractivity contribution in [2.45, 2.75) is 32.4 Å². The molecule has 0 aromatic heterocycles. The molecule has 0 unspecified atom stereocenters. The third-order valence-corrected chi connectivity index (χ3v) is 2.50. The Bertz CT molecular complexity index is 226. The van der Waals surface area contributed by atoms with E-state index >= 15 is 0 Å². The number of hydrogen-bond donors (Lipinski definition) is 0. The molecule has 14 heavy (non-hydrogen) atoms. The van der Waals surface area contributed by atoms with Crippen molar-refractivity contribution in [2.75, 3.05) is 27.2 Å². The highest BCUT2D eigenvalue weighted by molar-refractivity contribution is 5.74. The van der Waals surface area contributed by atoms with E-state index in [2.05, 4.69) is 0 Å². The van der Waals surface area contributed by atoms with Gasteiger partial charge in [0.25, 0.3) is 0 Å². The average Bonchev–Trinajstić information content (AvgIpc) is 2.08. The minimum atomic E-state index is -0.201. The summed E-state index contributed by atoms with van der Waals surface area (Å²) in [6, 6.07) is 0.0603. The number of rotatable bonds is 0. The van der Waals surface area contributed by atoms with Crippen LogP contribution in [0, 0.1) is 0 Å². The quantitative estimate of drug-likeness (QED) is 0.588. The lowest BCUT2D eigenvalue weighted by Crippen LogP contribution is -2.60. The van der Waals surface area contributed by atoms with Crippen LogP contribution in [0.15, 0.2) is 0 Å². The van der Waals surface area contributed by atoms with Crippen molar-refractivity contribution < 1.29 is 9.53 Å². The van der Waals surface area contributed by atoms with E-state index in [-0.39, 0.29) is 17.7 Å². The summed E-state index contributed by atoms with van der Waals surface area (Å²) >= 11 is 0. The molecule has 1 saturated heterocycles. The van der Waals surface area contributed by atoms with Crippen molar-refractivity contribution in [3.63, 3.8) is 0 Å². The predicted molar refractivity (Wildman–Crippen MR) is 55.3 cm³/mol. The van der Waals surface area contributed by atoms with Gasteiger partial charge in [0.15, 0.2) is 0 Å². The molecule has 1 atom stereocenters. The van der Waals surface area contributed by atoms with Gasteiger partial charge in [-0.3, -0.25) is 0 Å². The molecule has 4 heteroatoms. The van der Waals surface area contributed by atoms with E-state index in [0.717, 1.165) is 0 Å². The first kappa shape index (κ1) is 11.3. The second-order valence-electron chi connectivity index (χ2n) is 4.72. The van der Waals surface area contributed by atoms with Gasteiger partial charge in [0, 0.05) is 20.6 Å². The van der Waals surface area contributed by atoms with Crippen LogP contribution in [0.25, 0.3) is 0 Å². The highest BCUT2D eigenvalue weighted by Gasteiger charge is 2.37. The number of nitrogens with zero attached hydrogens (tertiary/aromatic N) is 2. The SMILES string of the molecule is C[C@H]1CN(C(=O)N(C)C)C(C)(C)CO1. The maximum absolute atomic E-state index is 11.9. The number of amides is 2. The third kappa shape index (κ3) is 2.18. The van der Waals surface area contributed by atoms with Crippen molar-refractivity contribution >= 4 is 6.03 Å². The van der Waals surface area contributed by atoms with Crippen LogP contribution >= 0.6 is 0 Å². The van der Waals surface area contributed by atoms with Crippen LogP contribution in [0.1, 0.15) is 20.8 Å². The molecule has 1 aliphatic rings. The monoisotopic (exact) mass is 200 g/mol. The van der Waals surface area contributed by atoms with Crippen LogP contribution in [-0.2, 0) is 4.74 Å². The molecule has 0 spiro atoms. The molecular formula is C10H20N2O2. The summed E-state index contributed by atoms with van der Waals surface area (Å²) in [6.07, 6.45) is 0.131. The zero-order valence-electron chi connectivity index (χ0n) is 9.70. The molecule has 1 fully saturated rings. The van der Waals surface area contributed by atoms with Gasteiger partial charge in [-0.1, -0.05) is 0 Å². The Balaban J connectivity index is 2.77. The Morgan fingerprint density at radius 1 is 1.50 bits per heavy atom. The minimum absolute atomic E-state index is 0.0603. The van der Waals surface area contributed by atoms with Gasteiger partial charge in [0.1, 0.15) is 0 Å². The maximum Gasteiger partial charge on any atom is 0.320 e. The van der Waals surface area contributed by atoms with E-state index in [1.165, 1.54) is 0 Å². The normalized spacial score (nSPS) is 26.1. The molecule has 0 saturated carbocycles. The Labute approximate surface area is 85.8 Å². The molecule has 0 radical (unpaired) electrons. The van der Waals surface area contributed by atoms with Crippen molar-refractivity contribution in [1.82, 2.24) is 9.80 Å². The summed E-state index contributed by atoms with van der Waals surface area (Å²) in [4.78, 5) is 15.3. The predicted octanol–water partition coefficient (Wildman–Crippen LogP) is 1.17. The molecule has 0 aliphatic carbocycles. The number of hydrogen-bond acceptors (Lipinski definition) is 2. The maximum atomic E-state index is 11.9. The van der Waals surface area contributed by atoms with E-state index in [9.17, 15) is 4.79 Å². The highest BCUT2D eigenvalue weighted by Crippen LogP contribution is 2.22. The Morgan fingerprint density at radius 3 is 2.57 bits per heavy atom. The smallest absolute Gasteiger partial charge is 0.320 e. The van der Waals surface area contributed by atoms with Crippen LogP contribution < -0.4 is 0 Å². The number of morpholine rings is 1. The topological polar surface area (TPSA) is 32.8 Å². The lowest BCUT2D eigenvalue weighted by atomic mass is 10.0. The van der Waals surface area contributed by atoms with E-state index < -0.39 is 0 Å². The second-order valence-corrected chi connectivity index (χ2v) is 4.72. The van der Waals surface area contributed by atoms with Gasteiger partial charge in [0.05, 0.1) is 18.2 Å². The summed E-state index contributed by atoms with van der Waals surface area (Å²) in [6.45, 7) is 7.32. The second kappa shape index (κ2) is 3.77. The lowest BCUT2D eigenvalue weighted by molar-refractivity contribution is -0.0742. The zero-order valence-corrected chi connectivity index (χ0v) is 9.70. The fraction of sp³-hybridized carbons (Fsp3) is 0.900. The van der Waals surface area contributed by atoms with Gasteiger partial charge in [0.2, 0.25) is 0 Å². The van der Waals surface area contributed by atoms with Crippen molar-refractivity contribution in [1.29, 1.82) is 0 Å². The zero-order chi connectivity index (χ0) is 10.9. The van der Waals surface area contributed by atoms with Gasteiger partial charge in [-0.15, -0.1) is 0 Å².